The van der Waals surface area contributed by atoms with Crippen LogP contribution >= 0.6 is 0 Å². The Hall–Kier alpha value is -3.96. The fourth-order valence-corrected chi connectivity index (χ4v) is 5.79. The molecule has 4 rings (SSSR count). The van der Waals surface area contributed by atoms with Crippen molar-refractivity contribution in [2.75, 3.05) is 44.1 Å². The first-order valence-electron chi connectivity index (χ1n) is 12.1. The van der Waals surface area contributed by atoms with E-state index in [-0.39, 0.29) is 22.2 Å². The van der Waals surface area contributed by atoms with Gasteiger partial charge in [0.2, 0.25) is 5.91 Å². The minimum Gasteiger partial charge on any atom is -0.497 e. The molecular weight excluding hydrogens is 508 g/mol. The van der Waals surface area contributed by atoms with Crippen LogP contribution in [0, 0.1) is 17.0 Å². The zero-order valence-electron chi connectivity index (χ0n) is 21.3. The van der Waals surface area contributed by atoms with E-state index in [4.69, 9.17) is 4.74 Å². The maximum Gasteiger partial charge on any atom is 0.273 e. The Balaban J connectivity index is 1.55. The first-order chi connectivity index (χ1) is 18.2. The van der Waals surface area contributed by atoms with Gasteiger partial charge in [0, 0.05) is 44.4 Å². The minimum absolute atomic E-state index is 0.255. The summed E-state index contributed by atoms with van der Waals surface area (Å²) in [4.78, 5) is 27.8. The highest BCUT2D eigenvalue weighted by Gasteiger charge is 2.31. The summed E-state index contributed by atoms with van der Waals surface area (Å²) in [5.74, 6) is 0.184. The Bertz CT molecular complexity index is 1390. The molecule has 0 aromatic heterocycles. The Morgan fingerprint density at radius 1 is 1.00 bits per heavy atom. The normalized spacial score (nSPS) is 14.2. The molecule has 10 nitrogen and oxygen atoms in total. The molecule has 1 aliphatic rings. The number of amides is 1. The number of carbonyl (C=O) groups is 1. The molecule has 3 aromatic carbocycles. The molecule has 0 saturated carbocycles. The van der Waals surface area contributed by atoms with Crippen molar-refractivity contribution in [2.24, 2.45) is 0 Å². The number of hydrogen-bond donors (Lipinski definition) is 0. The number of aryl methyl sites for hydroxylation is 1. The van der Waals surface area contributed by atoms with Crippen molar-refractivity contribution in [1.82, 2.24) is 9.80 Å². The van der Waals surface area contributed by atoms with Crippen LogP contribution in [0.1, 0.15) is 11.1 Å². The standard InChI is InChI=1S/C27H30N4O6S/c1-21-8-13-25(18-26(21)31(33)34)38(35,36)30(23-9-11-24(37-2)12-10-23)20-27(32)29-16-14-28(15-17-29)19-22-6-4-3-5-7-22/h3-13,18H,14-17,19-20H2,1-2H3. The average Bonchev–Trinajstić information content (AvgIpc) is 2.92. The van der Waals surface area contributed by atoms with Gasteiger partial charge in [-0.15, -0.1) is 0 Å². The SMILES string of the molecule is COc1ccc(N(CC(=O)N2CCN(Cc3ccccc3)CC2)S(=O)(=O)c2ccc(C)c([N+](=O)[O-])c2)cc1. The van der Waals surface area contributed by atoms with Crippen LogP contribution in [0.3, 0.4) is 0 Å². The number of benzene rings is 3. The van der Waals surface area contributed by atoms with Crippen LogP contribution < -0.4 is 9.04 Å². The van der Waals surface area contributed by atoms with Crippen LogP contribution in [0.5, 0.6) is 5.75 Å². The third kappa shape index (κ3) is 6.12. The number of rotatable bonds is 9. The van der Waals surface area contributed by atoms with E-state index in [1.54, 1.807) is 29.2 Å². The molecule has 38 heavy (non-hydrogen) atoms. The first kappa shape index (κ1) is 27.1. The number of anilines is 1. The molecule has 1 fully saturated rings. The lowest BCUT2D eigenvalue weighted by Crippen LogP contribution is -2.51. The summed E-state index contributed by atoms with van der Waals surface area (Å²) in [6.07, 6.45) is 0. The molecule has 200 valence electrons. The molecule has 11 heteroatoms. The maximum absolute atomic E-state index is 13.7. The lowest BCUT2D eigenvalue weighted by atomic mass is 10.2. The molecule has 0 aliphatic carbocycles. The Kier molecular flexibility index (Phi) is 8.28. The van der Waals surface area contributed by atoms with Crippen LogP contribution in [-0.4, -0.2) is 68.9 Å². The van der Waals surface area contributed by atoms with Gasteiger partial charge >= 0.3 is 0 Å². The summed E-state index contributed by atoms with van der Waals surface area (Å²) >= 11 is 0. The van der Waals surface area contributed by atoms with Gasteiger partial charge in [0.05, 0.1) is 22.6 Å². The number of piperazine rings is 1. The van der Waals surface area contributed by atoms with Crippen molar-refractivity contribution in [3.05, 3.63) is 94.0 Å². The lowest BCUT2D eigenvalue weighted by molar-refractivity contribution is -0.385. The van der Waals surface area contributed by atoms with Crippen molar-refractivity contribution < 1.29 is 22.9 Å². The summed E-state index contributed by atoms with van der Waals surface area (Å²) in [5.41, 5.74) is 1.48. The predicted molar refractivity (Wildman–Crippen MR) is 144 cm³/mol. The van der Waals surface area contributed by atoms with Gasteiger partial charge in [-0.3, -0.25) is 24.1 Å². The topological polar surface area (TPSA) is 113 Å². The van der Waals surface area contributed by atoms with E-state index < -0.39 is 21.5 Å². The third-order valence-electron chi connectivity index (χ3n) is 6.58. The molecule has 3 aromatic rings. The van der Waals surface area contributed by atoms with Crippen LogP contribution in [0.4, 0.5) is 11.4 Å². The Labute approximate surface area is 222 Å². The molecule has 0 bridgehead atoms. The average molecular weight is 539 g/mol. The van der Waals surface area contributed by atoms with E-state index in [1.807, 2.05) is 18.2 Å². The molecule has 0 atom stereocenters. The first-order valence-corrected chi connectivity index (χ1v) is 13.6. The van der Waals surface area contributed by atoms with Gasteiger partial charge in [-0.25, -0.2) is 8.42 Å². The number of ether oxygens (including phenoxy) is 1. The molecule has 0 unspecified atom stereocenters. The highest BCUT2D eigenvalue weighted by molar-refractivity contribution is 7.92. The van der Waals surface area contributed by atoms with Crippen molar-refractivity contribution in [3.63, 3.8) is 0 Å². The molecular formula is C27H30N4O6S. The largest absolute Gasteiger partial charge is 0.497 e. The summed E-state index contributed by atoms with van der Waals surface area (Å²) in [7, 11) is -2.81. The van der Waals surface area contributed by atoms with Crippen LogP contribution in [-0.2, 0) is 21.4 Å². The number of sulfonamides is 1. The van der Waals surface area contributed by atoms with Gasteiger partial charge in [0.1, 0.15) is 12.3 Å². The quantitative estimate of drug-likeness (QED) is 0.303. The summed E-state index contributed by atoms with van der Waals surface area (Å²) in [5, 5.41) is 11.5. The molecule has 1 heterocycles. The van der Waals surface area contributed by atoms with Crippen LogP contribution in [0.2, 0.25) is 0 Å². The van der Waals surface area contributed by atoms with E-state index in [2.05, 4.69) is 17.0 Å². The Morgan fingerprint density at radius 2 is 1.66 bits per heavy atom. The molecule has 0 radical (unpaired) electrons. The van der Waals surface area contributed by atoms with Gasteiger partial charge in [-0.2, -0.15) is 0 Å². The van der Waals surface area contributed by atoms with Crippen molar-refractivity contribution in [1.29, 1.82) is 0 Å². The van der Waals surface area contributed by atoms with Gasteiger partial charge < -0.3 is 9.64 Å². The molecule has 1 aliphatic heterocycles. The van der Waals surface area contributed by atoms with Crippen molar-refractivity contribution >= 4 is 27.3 Å². The predicted octanol–water partition coefficient (Wildman–Crippen LogP) is 3.45. The van der Waals surface area contributed by atoms with E-state index in [1.165, 1.54) is 31.7 Å². The second-order valence-electron chi connectivity index (χ2n) is 9.06. The van der Waals surface area contributed by atoms with Gasteiger partial charge in [0.25, 0.3) is 15.7 Å². The van der Waals surface area contributed by atoms with Gasteiger partial charge in [-0.05, 0) is 42.8 Å². The third-order valence-corrected chi connectivity index (χ3v) is 8.35. The highest BCUT2D eigenvalue weighted by Crippen LogP contribution is 2.29. The lowest BCUT2D eigenvalue weighted by Gasteiger charge is -2.36. The number of nitro groups is 1. The molecule has 1 saturated heterocycles. The number of nitrogens with zero attached hydrogens (tertiary/aromatic N) is 4. The van der Waals surface area contributed by atoms with Crippen LogP contribution in [0.15, 0.2) is 77.7 Å². The number of carbonyl (C=O) groups excluding carboxylic acids is 1. The summed E-state index contributed by atoms with van der Waals surface area (Å²) in [6, 6.07) is 20.1. The smallest absolute Gasteiger partial charge is 0.273 e. The van der Waals surface area contributed by atoms with Crippen LogP contribution in [0.25, 0.3) is 0 Å². The second-order valence-corrected chi connectivity index (χ2v) is 10.9. The fourth-order valence-electron chi connectivity index (χ4n) is 4.36. The zero-order chi connectivity index (χ0) is 27.3. The fraction of sp³-hybridized carbons (Fsp3) is 0.296. The van der Waals surface area contributed by atoms with Gasteiger partial charge in [-0.1, -0.05) is 36.4 Å². The van der Waals surface area contributed by atoms with E-state index in [0.29, 0.717) is 37.5 Å². The number of nitro benzene ring substituents is 1. The zero-order valence-corrected chi connectivity index (χ0v) is 22.1. The number of methoxy groups -OCH3 is 1. The van der Waals surface area contributed by atoms with Crippen molar-refractivity contribution in [3.8, 4) is 5.75 Å². The number of hydrogen-bond acceptors (Lipinski definition) is 7. The molecule has 0 spiro atoms. The van der Waals surface area contributed by atoms with E-state index >= 15 is 0 Å². The second kappa shape index (κ2) is 11.6. The molecule has 1 amide bonds. The minimum atomic E-state index is -4.30. The monoisotopic (exact) mass is 538 g/mol. The molecule has 0 N–H and O–H groups in total. The van der Waals surface area contributed by atoms with E-state index in [0.717, 1.165) is 16.9 Å². The maximum atomic E-state index is 13.7. The van der Waals surface area contributed by atoms with E-state index in [9.17, 15) is 23.3 Å². The highest BCUT2D eigenvalue weighted by atomic mass is 32.2. The Morgan fingerprint density at radius 3 is 2.26 bits per heavy atom. The van der Waals surface area contributed by atoms with Crippen molar-refractivity contribution in [2.45, 2.75) is 18.4 Å². The summed E-state index contributed by atoms with van der Waals surface area (Å²) in [6.45, 7) is 4.16. The summed E-state index contributed by atoms with van der Waals surface area (Å²) < 4.78 is 33.7. The van der Waals surface area contributed by atoms with Gasteiger partial charge in [0.15, 0.2) is 0 Å².